The maximum Gasteiger partial charge on any atom is 0.586 e. The average molecular weight is 576 g/mol. The number of hydrogen-bond donors (Lipinski definition) is 4. The standard InChI is InChI=1S/C21H17ClF3N5O9/c22-19-28-14(26)12-15(29-19)30(6-27-12)16-11(23)13(31)10(37-16)5-36-20(17(32)33,18(34)35)4-7-1-2-8-9(3-7)39-21(24,25)38-8/h1-3,6,10-11,13,16,31H,4-5H2,(H,32,33)(H,34,35)(H2,26,28,29)/t10-,11+,13-,16-/m1/s1. The largest absolute Gasteiger partial charge is 0.586 e. The Morgan fingerprint density at radius 1 is 1.21 bits per heavy atom. The van der Waals surface area contributed by atoms with Crippen LogP contribution in [0.1, 0.15) is 11.8 Å². The van der Waals surface area contributed by atoms with Crippen LogP contribution in [0.15, 0.2) is 24.5 Å². The Hall–Kier alpha value is -3.93. The third-order valence-corrected chi connectivity index (χ3v) is 6.26. The van der Waals surface area contributed by atoms with Crippen LogP contribution in [0.5, 0.6) is 11.5 Å². The number of aliphatic carboxylic acids is 2. The Labute approximate surface area is 219 Å². The highest BCUT2D eigenvalue weighted by Crippen LogP contribution is 2.42. The Balaban J connectivity index is 1.37. The molecule has 0 aliphatic carbocycles. The number of benzene rings is 1. The lowest BCUT2D eigenvalue weighted by Crippen LogP contribution is -2.52. The molecule has 2 aliphatic heterocycles. The minimum Gasteiger partial charge on any atom is -0.479 e. The molecule has 0 radical (unpaired) electrons. The molecule has 4 atom stereocenters. The van der Waals surface area contributed by atoms with E-state index in [1.54, 1.807) is 0 Å². The number of hydrogen-bond acceptors (Lipinski definition) is 11. The molecule has 1 fully saturated rings. The normalized spacial score (nSPS) is 23.8. The summed E-state index contributed by atoms with van der Waals surface area (Å²) in [5.74, 6) is -4.80. The molecule has 208 valence electrons. The number of nitrogens with two attached hydrogens (primary N) is 1. The summed E-state index contributed by atoms with van der Waals surface area (Å²) >= 11 is 5.81. The van der Waals surface area contributed by atoms with E-state index < -0.39 is 67.2 Å². The summed E-state index contributed by atoms with van der Waals surface area (Å²) in [6.07, 6.45) is -10.8. The molecule has 0 amide bonds. The van der Waals surface area contributed by atoms with Gasteiger partial charge < -0.3 is 40.0 Å². The lowest BCUT2D eigenvalue weighted by Gasteiger charge is -2.27. The Bertz CT molecular complexity index is 1460. The molecule has 4 heterocycles. The molecular weight excluding hydrogens is 559 g/mol. The van der Waals surface area contributed by atoms with Gasteiger partial charge in [0.2, 0.25) is 5.28 Å². The predicted molar refractivity (Wildman–Crippen MR) is 120 cm³/mol. The minimum atomic E-state index is -3.95. The van der Waals surface area contributed by atoms with Crippen LogP contribution < -0.4 is 15.2 Å². The van der Waals surface area contributed by atoms with Crippen LogP contribution in [0.3, 0.4) is 0 Å². The summed E-state index contributed by atoms with van der Waals surface area (Å²) in [4.78, 5) is 35.8. The second kappa shape index (κ2) is 9.37. The molecule has 0 unspecified atom stereocenters. The van der Waals surface area contributed by atoms with Crippen molar-refractivity contribution in [2.75, 3.05) is 12.3 Å². The second-order valence-corrected chi connectivity index (χ2v) is 8.91. The van der Waals surface area contributed by atoms with E-state index in [-0.39, 0.29) is 33.6 Å². The van der Waals surface area contributed by atoms with Gasteiger partial charge in [0.1, 0.15) is 17.7 Å². The zero-order valence-corrected chi connectivity index (χ0v) is 20.0. The fraction of sp³-hybridized carbons (Fsp3) is 0.381. The lowest BCUT2D eigenvalue weighted by atomic mass is 9.94. The zero-order chi connectivity index (χ0) is 28.3. The van der Waals surface area contributed by atoms with E-state index in [2.05, 4.69) is 24.4 Å². The van der Waals surface area contributed by atoms with Gasteiger partial charge in [0.25, 0.3) is 5.60 Å². The lowest BCUT2D eigenvalue weighted by molar-refractivity contribution is -0.286. The summed E-state index contributed by atoms with van der Waals surface area (Å²) in [5.41, 5.74) is 2.73. The van der Waals surface area contributed by atoms with Crippen molar-refractivity contribution in [3.63, 3.8) is 0 Å². The third kappa shape index (κ3) is 4.62. The van der Waals surface area contributed by atoms with E-state index in [0.717, 1.165) is 29.1 Å². The van der Waals surface area contributed by atoms with Crippen LogP contribution in [0.4, 0.5) is 19.0 Å². The quantitative estimate of drug-likeness (QED) is 0.220. The van der Waals surface area contributed by atoms with Gasteiger partial charge in [-0.3, -0.25) is 4.57 Å². The minimum absolute atomic E-state index is 0.0206. The highest BCUT2D eigenvalue weighted by atomic mass is 35.5. The van der Waals surface area contributed by atoms with Crippen LogP contribution in [-0.4, -0.2) is 83.7 Å². The average Bonchev–Trinajstić information content (AvgIpc) is 3.48. The molecule has 3 aromatic rings. The van der Waals surface area contributed by atoms with Gasteiger partial charge in [0.05, 0.1) is 12.9 Å². The summed E-state index contributed by atoms with van der Waals surface area (Å²) in [7, 11) is 0. The molecule has 39 heavy (non-hydrogen) atoms. The van der Waals surface area contributed by atoms with E-state index in [1.807, 2.05) is 0 Å². The number of aliphatic hydroxyl groups is 1. The number of imidazole rings is 1. The van der Waals surface area contributed by atoms with Gasteiger partial charge in [-0.2, -0.15) is 9.97 Å². The number of halogens is 4. The number of fused-ring (bicyclic) bond motifs is 2. The van der Waals surface area contributed by atoms with E-state index in [0.29, 0.717) is 0 Å². The van der Waals surface area contributed by atoms with Crippen LogP contribution in [0, 0.1) is 0 Å². The molecule has 5 rings (SSSR count). The van der Waals surface area contributed by atoms with E-state index in [1.165, 1.54) is 0 Å². The summed E-state index contributed by atoms with van der Waals surface area (Å²) in [5, 5.41) is 29.7. The van der Waals surface area contributed by atoms with Crippen molar-refractivity contribution in [1.82, 2.24) is 19.5 Å². The molecule has 18 heteroatoms. The van der Waals surface area contributed by atoms with Gasteiger partial charge in [0, 0.05) is 6.42 Å². The third-order valence-electron chi connectivity index (χ3n) is 6.09. The van der Waals surface area contributed by atoms with E-state index >= 15 is 4.39 Å². The van der Waals surface area contributed by atoms with E-state index in [9.17, 15) is 33.7 Å². The monoisotopic (exact) mass is 575 g/mol. The molecule has 0 bridgehead atoms. The number of nitrogen functional groups attached to an aromatic ring is 1. The Morgan fingerprint density at radius 2 is 1.90 bits per heavy atom. The highest BCUT2D eigenvalue weighted by molar-refractivity contribution is 6.28. The maximum atomic E-state index is 15.1. The summed E-state index contributed by atoms with van der Waals surface area (Å²) in [6.45, 7) is -0.899. The fourth-order valence-corrected chi connectivity index (χ4v) is 4.37. The molecule has 0 spiro atoms. The first-order valence-corrected chi connectivity index (χ1v) is 11.3. The van der Waals surface area contributed by atoms with Crippen molar-refractivity contribution in [1.29, 1.82) is 0 Å². The van der Waals surface area contributed by atoms with Gasteiger partial charge in [0.15, 0.2) is 35.4 Å². The van der Waals surface area contributed by atoms with Crippen LogP contribution >= 0.6 is 11.6 Å². The van der Waals surface area contributed by atoms with Gasteiger partial charge in [-0.1, -0.05) is 6.07 Å². The topological polar surface area (TPSA) is 201 Å². The second-order valence-electron chi connectivity index (χ2n) is 8.58. The van der Waals surface area contributed by atoms with Gasteiger partial charge in [-0.15, -0.1) is 8.78 Å². The highest BCUT2D eigenvalue weighted by Gasteiger charge is 2.52. The van der Waals surface area contributed by atoms with Gasteiger partial charge in [-0.25, -0.2) is 19.0 Å². The molecule has 1 saturated heterocycles. The molecule has 5 N–H and O–H groups in total. The maximum absolute atomic E-state index is 15.1. The van der Waals surface area contributed by atoms with Crippen molar-refractivity contribution in [2.24, 2.45) is 0 Å². The number of alkyl halides is 3. The number of carboxylic acids is 2. The number of nitrogens with zero attached hydrogens (tertiary/aromatic N) is 4. The van der Waals surface area contributed by atoms with Crippen molar-refractivity contribution in [3.8, 4) is 11.5 Å². The molecule has 2 aliphatic rings. The Kier molecular flexibility index (Phi) is 6.41. The van der Waals surface area contributed by atoms with Crippen molar-refractivity contribution in [3.05, 3.63) is 35.4 Å². The number of carbonyl (C=O) groups is 2. The number of aliphatic hydroxyl groups excluding tert-OH is 1. The summed E-state index contributed by atoms with van der Waals surface area (Å²) < 4.78 is 62.2. The fourth-order valence-electron chi connectivity index (χ4n) is 4.19. The summed E-state index contributed by atoms with van der Waals surface area (Å²) in [6, 6.07) is 3.16. The van der Waals surface area contributed by atoms with Crippen LogP contribution in [0.25, 0.3) is 11.2 Å². The van der Waals surface area contributed by atoms with Crippen LogP contribution in [0.2, 0.25) is 5.28 Å². The first-order chi connectivity index (χ1) is 18.3. The molecule has 0 saturated carbocycles. The first kappa shape index (κ1) is 26.7. The number of ether oxygens (including phenoxy) is 4. The number of aromatic nitrogens is 4. The number of carboxylic acid groups (broad SMARTS) is 2. The molecule has 14 nitrogen and oxygen atoms in total. The molecular formula is C21H17ClF3N5O9. The SMILES string of the molecule is Nc1nc(Cl)nc2c1ncn2[C@@H]1O[C@H](COC(Cc2ccc3c(c2)OC(F)(F)O3)(C(=O)O)C(=O)O)[C@@H](O)[C@@H]1F. The van der Waals surface area contributed by atoms with Gasteiger partial charge >= 0.3 is 18.2 Å². The van der Waals surface area contributed by atoms with Crippen molar-refractivity contribution in [2.45, 2.75) is 42.9 Å². The zero-order valence-electron chi connectivity index (χ0n) is 19.2. The molecule has 2 aromatic heterocycles. The van der Waals surface area contributed by atoms with Gasteiger partial charge in [-0.05, 0) is 29.3 Å². The Morgan fingerprint density at radius 3 is 2.59 bits per heavy atom. The smallest absolute Gasteiger partial charge is 0.479 e. The van der Waals surface area contributed by atoms with E-state index in [4.69, 9.17) is 26.8 Å². The number of anilines is 1. The van der Waals surface area contributed by atoms with Crippen molar-refractivity contribution >= 4 is 40.5 Å². The number of rotatable bonds is 8. The van der Waals surface area contributed by atoms with Crippen LogP contribution in [-0.2, 0) is 25.5 Å². The molecule has 1 aromatic carbocycles. The first-order valence-electron chi connectivity index (χ1n) is 10.9. The van der Waals surface area contributed by atoms with Crippen molar-refractivity contribution < 1.29 is 57.0 Å². The predicted octanol–water partition coefficient (Wildman–Crippen LogP) is 1.15.